The molecule has 0 aromatic carbocycles. The minimum atomic E-state index is 0.628. The SMILES string of the molecule is CCC/C1=C/CN(CC)[C@@H](C)CC(C)=C=C1. The fourth-order valence-electron chi connectivity index (χ4n) is 2.22. The van der Waals surface area contributed by atoms with Gasteiger partial charge in [0.05, 0.1) is 0 Å². The van der Waals surface area contributed by atoms with Crippen molar-refractivity contribution in [1.29, 1.82) is 0 Å². The number of nitrogens with zero attached hydrogens (tertiary/aromatic N) is 1. The van der Waals surface area contributed by atoms with Crippen LogP contribution in [0.4, 0.5) is 0 Å². The molecule has 16 heavy (non-hydrogen) atoms. The van der Waals surface area contributed by atoms with Crippen LogP contribution in [0, 0.1) is 0 Å². The first-order valence-electron chi connectivity index (χ1n) is 6.52. The second kappa shape index (κ2) is 6.73. The summed E-state index contributed by atoms with van der Waals surface area (Å²) in [6.07, 6.45) is 8.08. The summed E-state index contributed by atoms with van der Waals surface area (Å²) < 4.78 is 0. The first-order valence-corrected chi connectivity index (χ1v) is 6.52. The lowest BCUT2D eigenvalue weighted by Crippen LogP contribution is -2.33. The normalized spacial score (nSPS) is 26.4. The van der Waals surface area contributed by atoms with Gasteiger partial charge in [0.15, 0.2) is 0 Å². The molecule has 1 heteroatoms. The third-order valence-electron chi connectivity index (χ3n) is 3.26. The molecule has 0 bridgehead atoms. The number of rotatable bonds is 3. The van der Waals surface area contributed by atoms with Gasteiger partial charge in [-0.2, -0.15) is 0 Å². The molecule has 1 nitrogen and oxygen atoms in total. The van der Waals surface area contributed by atoms with Crippen molar-refractivity contribution >= 4 is 0 Å². The summed E-state index contributed by atoms with van der Waals surface area (Å²) in [5.41, 5.74) is 6.24. The van der Waals surface area contributed by atoms with Gasteiger partial charge >= 0.3 is 0 Å². The number of hydrogen-bond acceptors (Lipinski definition) is 1. The van der Waals surface area contributed by atoms with Crippen molar-refractivity contribution in [3.05, 3.63) is 29.0 Å². The van der Waals surface area contributed by atoms with Crippen LogP contribution in [0.5, 0.6) is 0 Å². The molecule has 1 rings (SSSR count). The fourth-order valence-corrected chi connectivity index (χ4v) is 2.22. The number of hydrogen-bond donors (Lipinski definition) is 0. The average Bonchev–Trinajstić information content (AvgIpc) is 2.31. The Kier molecular flexibility index (Phi) is 5.59. The molecule has 0 unspecified atom stereocenters. The van der Waals surface area contributed by atoms with Gasteiger partial charge in [0.25, 0.3) is 0 Å². The van der Waals surface area contributed by atoms with Crippen LogP contribution in [0.25, 0.3) is 0 Å². The largest absolute Gasteiger partial charge is 0.297 e. The van der Waals surface area contributed by atoms with Crippen LogP contribution in [0.15, 0.2) is 29.0 Å². The molecule has 0 radical (unpaired) electrons. The lowest BCUT2D eigenvalue weighted by atomic mass is 10.1. The van der Waals surface area contributed by atoms with Gasteiger partial charge in [0.2, 0.25) is 0 Å². The van der Waals surface area contributed by atoms with E-state index in [0.717, 1.165) is 19.5 Å². The van der Waals surface area contributed by atoms with Crippen molar-refractivity contribution < 1.29 is 0 Å². The van der Waals surface area contributed by atoms with Crippen LogP contribution in [-0.4, -0.2) is 24.0 Å². The summed E-state index contributed by atoms with van der Waals surface area (Å²) in [5, 5.41) is 0. The Morgan fingerprint density at radius 1 is 1.44 bits per heavy atom. The maximum atomic E-state index is 3.43. The monoisotopic (exact) mass is 219 g/mol. The Morgan fingerprint density at radius 3 is 2.81 bits per heavy atom. The van der Waals surface area contributed by atoms with Gasteiger partial charge in [-0.15, -0.1) is 5.73 Å². The van der Waals surface area contributed by atoms with Crippen molar-refractivity contribution in [3.8, 4) is 0 Å². The van der Waals surface area contributed by atoms with Crippen LogP contribution in [0.2, 0.25) is 0 Å². The van der Waals surface area contributed by atoms with Gasteiger partial charge in [-0.25, -0.2) is 0 Å². The second-order valence-corrected chi connectivity index (χ2v) is 4.74. The standard InChI is InChI=1S/C15H25N/c1-5-7-15-9-8-13(3)12-14(4)16(6-2)11-10-15/h9-10,14H,5-7,11-12H2,1-4H3/b15-10-/t8?,14-/m0/s1. The van der Waals surface area contributed by atoms with E-state index in [0.29, 0.717) is 6.04 Å². The predicted octanol–water partition coefficient (Wildman–Crippen LogP) is 3.93. The van der Waals surface area contributed by atoms with E-state index in [2.05, 4.69) is 50.5 Å². The molecule has 0 aromatic rings. The lowest BCUT2D eigenvalue weighted by Gasteiger charge is -2.26. The highest BCUT2D eigenvalue weighted by atomic mass is 15.1. The number of likely N-dealkylation sites (N-methyl/N-ethyl adjacent to an activating group) is 1. The summed E-state index contributed by atoms with van der Waals surface area (Å²) in [6, 6.07) is 0.628. The third-order valence-corrected chi connectivity index (χ3v) is 3.26. The van der Waals surface area contributed by atoms with E-state index < -0.39 is 0 Å². The van der Waals surface area contributed by atoms with E-state index in [1.54, 1.807) is 0 Å². The third kappa shape index (κ3) is 4.00. The van der Waals surface area contributed by atoms with E-state index in [-0.39, 0.29) is 0 Å². The van der Waals surface area contributed by atoms with Gasteiger partial charge in [-0.05, 0) is 50.5 Å². The zero-order valence-electron chi connectivity index (χ0n) is 11.2. The highest BCUT2D eigenvalue weighted by Gasteiger charge is 2.12. The molecule has 0 amide bonds. The first-order chi connectivity index (χ1) is 7.67. The molecule has 1 heterocycles. The Hall–Kier alpha value is -0.780. The number of allylic oxidation sites excluding steroid dienone is 1. The maximum absolute atomic E-state index is 3.43. The minimum absolute atomic E-state index is 0.628. The van der Waals surface area contributed by atoms with Gasteiger partial charge in [-0.3, -0.25) is 4.90 Å². The first kappa shape index (κ1) is 13.3. The van der Waals surface area contributed by atoms with Gasteiger partial charge in [0, 0.05) is 12.6 Å². The zero-order valence-corrected chi connectivity index (χ0v) is 11.2. The molecule has 90 valence electrons. The van der Waals surface area contributed by atoms with Crippen LogP contribution in [-0.2, 0) is 0 Å². The molecule has 1 aliphatic rings. The second-order valence-electron chi connectivity index (χ2n) is 4.74. The van der Waals surface area contributed by atoms with Crippen molar-refractivity contribution in [1.82, 2.24) is 4.90 Å². The van der Waals surface area contributed by atoms with Gasteiger partial charge in [-0.1, -0.05) is 26.3 Å². The Balaban J connectivity index is 2.89. The Morgan fingerprint density at radius 2 is 2.19 bits per heavy atom. The lowest BCUT2D eigenvalue weighted by molar-refractivity contribution is 0.242. The predicted molar refractivity (Wildman–Crippen MR) is 71.6 cm³/mol. The molecule has 0 N–H and O–H groups in total. The molecule has 1 aliphatic heterocycles. The quantitative estimate of drug-likeness (QED) is 0.650. The van der Waals surface area contributed by atoms with Crippen LogP contribution >= 0.6 is 0 Å². The van der Waals surface area contributed by atoms with Crippen LogP contribution in [0.3, 0.4) is 0 Å². The molecule has 0 fully saturated rings. The van der Waals surface area contributed by atoms with E-state index >= 15 is 0 Å². The van der Waals surface area contributed by atoms with Crippen LogP contribution in [0.1, 0.15) is 47.0 Å². The molecule has 0 saturated carbocycles. The Bertz CT molecular complexity index is 305. The average molecular weight is 219 g/mol. The van der Waals surface area contributed by atoms with Crippen molar-refractivity contribution in [2.24, 2.45) is 0 Å². The molecule has 0 spiro atoms. The Labute approximate surface area is 101 Å². The van der Waals surface area contributed by atoms with E-state index in [1.165, 1.54) is 24.0 Å². The topological polar surface area (TPSA) is 3.24 Å². The maximum Gasteiger partial charge on any atom is 0.0171 e. The molecule has 0 aliphatic carbocycles. The van der Waals surface area contributed by atoms with E-state index in [1.807, 2.05) is 0 Å². The molecular weight excluding hydrogens is 194 g/mol. The summed E-state index contributed by atoms with van der Waals surface area (Å²) in [4.78, 5) is 2.53. The fraction of sp³-hybridized carbons (Fsp3) is 0.667. The van der Waals surface area contributed by atoms with Gasteiger partial charge < -0.3 is 0 Å². The molecule has 0 saturated heterocycles. The highest BCUT2D eigenvalue weighted by Crippen LogP contribution is 2.15. The smallest absolute Gasteiger partial charge is 0.0171 e. The van der Waals surface area contributed by atoms with Crippen LogP contribution < -0.4 is 0 Å². The zero-order chi connectivity index (χ0) is 12.0. The van der Waals surface area contributed by atoms with Crippen molar-refractivity contribution in [2.45, 2.75) is 53.0 Å². The molecular formula is C15H25N. The van der Waals surface area contributed by atoms with E-state index in [9.17, 15) is 0 Å². The van der Waals surface area contributed by atoms with Gasteiger partial charge in [0.1, 0.15) is 0 Å². The summed E-state index contributed by atoms with van der Waals surface area (Å²) >= 11 is 0. The van der Waals surface area contributed by atoms with E-state index in [4.69, 9.17) is 0 Å². The molecule has 1 atom stereocenters. The van der Waals surface area contributed by atoms with Crippen molar-refractivity contribution in [2.75, 3.05) is 13.1 Å². The molecule has 0 aromatic heterocycles. The summed E-state index contributed by atoms with van der Waals surface area (Å²) in [5.74, 6) is 0. The summed E-state index contributed by atoms with van der Waals surface area (Å²) in [6.45, 7) is 11.2. The summed E-state index contributed by atoms with van der Waals surface area (Å²) in [7, 11) is 0. The highest BCUT2D eigenvalue weighted by molar-refractivity contribution is 5.21. The minimum Gasteiger partial charge on any atom is -0.297 e. The van der Waals surface area contributed by atoms with Crippen molar-refractivity contribution in [3.63, 3.8) is 0 Å².